The highest BCUT2D eigenvalue weighted by Crippen LogP contribution is 2.36. The smallest absolute Gasteiger partial charge is 0.471 e. The highest BCUT2D eigenvalue weighted by molar-refractivity contribution is 9.10. The molecule has 0 spiro atoms. The van der Waals surface area contributed by atoms with Crippen molar-refractivity contribution in [3.63, 3.8) is 0 Å². The highest BCUT2D eigenvalue weighted by atomic mass is 79.9. The fourth-order valence-corrected chi connectivity index (χ4v) is 2.19. The monoisotopic (exact) mass is 355 g/mol. The molecular formula is C12H13BrF3NO3. The van der Waals surface area contributed by atoms with E-state index in [0.29, 0.717) is 21.5 Å². The van der Waals surface area contributed by atoms with E-state index in [2.05, 4.69) is 15.9 Å². The minimum atomic E-state index is -4.86. The van der Waals surface area contributed by atoms with Crippen molar-refractivity contribution in [3.8, 4) is 11.5 Å². The molecule has 0 aromatic heterocycles. The van der Waals surface area contributed by atoms with Gasteiger partial charge in [0.05, 0.1) is 18.7 Å². The number of methoxy groups -OCH3 is 2. The zero-order chi connectivity index (χ0) is 15.3. The van der Waals surface area contributed by atoms with Gasteiger partial charge in [-0.3, -0.25) is 4.79 Å². The van der Waals surface area contributed by atoms with Crippen molar-refractivity contribution in [3.05, 3.63) is 22.2 Å². The summed E-state index contributed by atoms with van der Waals surface area (Å²) in [5.41, 5.74) is 0.706. The predicted octanol–water partition coefficient (Wildman–Crippen LogP) is 2.69. The molecule has 112 valence electrons. The van der Waals surface area contributed by atoms with Gasteiger partial charge in [0.1, 0.15) is 0 Å². The van der Waals surface area contributed by atoms with Crippen molar-refractivity contribution >= 4 is 21.8 Å². The van der Waals surface area contributed by atoms with Gasteiger partial charge in [-0.1, -0.05) is 0 Å². The van der Waals surface area contributed by atoms with E-state index in [1.807, 2.05) is 0 Å². The summed E-state index contributed by atoms with van der Waals surface area (Å²) in [5.74, 6) is -0.994. The van der Waals surface area contributed by atoms with E-state index < -0.39 is 12.1 Å². The maximum absolute atomic E-state index is 12.0. The van der Waals surface area contributed by atoms with Gasteiger partial charge in [-0.2, -0.15) is 13.2 Å². The summed E-state index contributed by atoms with van der Waals surface area (Å²) >= 11 is 3.28. The van der Waals surface area contributed by atoms with E-state index in [1.165, 1.54) is 14.2 Å². The number of hydrogen-bond donors (Lipinski definition) is 1. The Balaban J connectivity index is 2.70. The Kier molecular flexibility index (Phi) is 5.67. The molecule has 0 bridgehead atoms. The second-order valence-electron chi connectivity index (χ2n) is 3.82. The molecule has 0 atom stereocenters. The summed E-state index contributed by atoms with van der Waals surface area (Å²) in [4.78, 5) is 10.7. The fourth-order valence-electron chi connectivity index (χ4n) is 1.54. The van der Waals surface area contributed by atoms with Crippen molar-refractivity contribution in [2.24, 2.45) is 0 Å². The largest absolute Gasteiger partial charge is 0.493 e. The third-order valence-corrected chi connectivity index (χ3v) is 3.04. The van der Waals surface area contributed by atoms with Crippen LogP contribution in [0.25, 0.3) is 0 Å². The lowest BCUT2D eigenvalue weighted by atomic mass is 10.1. The van der Waals surface area contributed by atoms with E-state index >= 15 is 0 Å². The third-order valence-electron chi connectivity index (χ3n) is 2.45. The minimum absolute atomic E-state index is 0.125. The summed E-state index contributed by atoms with van der Waals surface area (Å²) in [6.45, 7) is -0.125. The predicted molar refractivity (Wildman–Crippen MR) is 70.0 cm³/mol. The molecule has 1 aromatic rings. The van der Waals surface area contributed by atoms with E-state index in [9.17, 15) is 18.0 Å². The first kappa shape index (κ1) is 16.6. The van der Waals surface area contributed by atoms with Crippen LogP contribution in [0, 0.1) is 0 Å². The number of benzene rings is 1. The van der Waals surface area contributed by atoms with Crippen LogP contribution in [0.5, 0.6) is 11.5 Å². The molecule has 0 aliphatic heterocycles. The quantitative estimate of drug-likeness (QED) is 0.883. The van der Waals surface area contributed by atoms with Crippen LogP contribution < -0.4 is 14.8 Å². The number of carbonyl (C=O) groups excluding carboxylic acids is 1. The van der Waals surface area contributed by atoms with Gasteiger partial charge in [0, 0.05) is 6.54 Å². The van der Waals surface area contributed by atoms with Gasteiger partial charge in [-0.25, -0.2) is 0 Å². The highest BCUT2D eigenvalue weighted by Gasteiger charge is 2.38. The molecule has 1 aromatic carbocycles. The van der Waals surface area contributed by atoms with Gasteiger partial charge in [0.15, 0.2) is 11.5 Å². The second-order valence-corrected chi connectivity index (χ2v) is 4.67. The first-order valence-corrected chi connectivity index (χ1v) is 6.34. The molecule has 0 radical (unpaired) electrons. The van der Waals surface area contributed by atoms with Gasteiger partial charge >= 0.3 is 12.1 Å². The van der Waals surface area contributed by atoms with Gasteiger partial charge in [-0.05, 0) is 40.0 Å². The average molecular weight is 356 g/mol. The standard InChI is InChI=1S/C12H13BrF3NO3/c1-19-9-6-7(5-8(13)10(9)20-2)3-4-17-11(18)12(14,15)16/h5-6H,3-4H2,1-2H3,(H,17,18). The number of nitrogens with one attached hydrogen (secondary N) is 1. The summed E-state index contributed by atoms with van der Waals surface area (Å²) in [5, 5.41) is 1.81. The Morgan fingerprint density at radius 2 is 1.95 bits per heavy atom. The van der Waals surface area contributed by atoms with Crippen molar-refractivity contribution in [1.82, 2.24) is 5.32 Å². The van der Waals surface area contributed by atoms with Crippen LogP contribution >= 0.6 is 15.9 Å². The van der Waals surface area contributed by atoms with Gasteiger partial charge in [0.2, 0.25) is 0 Å². The zero-order valence-electron chi connectivity index (χ0n) is 10.8. The van der Waals surface area contributed by atoms with Crippen molar-refractivity contribution in [2.45, 2.75) is 12.6 Å². The molecule has 1 amide bonds. The normalized spacial score (nSPS) is 11.1. The molecule has 0 fully saturated rings. The Labute approximate surface area is 122 Å². The lowest BCUT2D eigenvalue weighted by Gasteiger charge is -2.12. The number of amides is 1. The first-order chi connectivity index (χ1) is 9.29. The lowest BCUT2D eigenvalue weighted by molar-refractivity contribution is -0.173. The van der Waals surface area contributed by atoms with E-state index in [1.54, 1.807) is 17.4 Å². The number of hydrogen-bond acceptors (Lipinski definition) is 3. The molecule has 0 unspecified atom stereocenters. The maximum Gasteiger partial charge on any atom is 0.471 e. The zero-order valence-corrected chi connectivity index (χ0v) is 12.4. The van der Waals surface area contributed by atoms with Crippen molar-refractivity contribution < 1.29 is 27.4 Å². The molecule has 0 heterocycles. The molecule has 0 saturated heterocycles. The lowest BCUT2D eigenvalue weighted by Crippen LogP contribution is -2.37. The van der Waals surface area contributed by atoms with Crippen LogP contribution in [0.3, 0.4) is 0 Å². The SMILES string of the molecule is COc1cc(CCNC(=O)C(F)(F)F)cc(Br)c1OC. The molecule has 20 heavy (non-hydrogen) atoms. The number of alkyl halides is 3. The first-order valence-electron chi connectivity index (χ1n) is 5.55. The third kappa shape index (κ3) is 4.29. The Hall–Kier alpha value is -1.44. The number of rotatable bonds is 5. The molecule has 0 aliphatic carbocycles. The van der Waals surface area contributed by atoms with Crippen LogP contribution in [-0.2, 0) is 11.2 Å². The molecule has 0 aliphatic rings. The summed E-state index contributed by atoms with van der Waals surface area (Å²) in [6.07, 6.45) is -4.63. The Bertz CT molecular complexity index is 492. The molecule has 1 rings (SSSR count). The van der Waals surface area contributed by atoms with Crippen LogP contribution in [0.15, 0.2) is 16.6 Å². The van der Waals surface area contributed by atoms with Gasteiger partial charge in [-0.15, -0.1) is 0 Å². The van der Waals surface area contributed by atoms with Crippen LogP contribution in [0.1, 0.15) is 5.56 Å². The van der Waals surface area contributed by atoms with Gasteiger partial charge < -0.3 is 14.8 Å². The van der Waals surface area contributed by atoms with Crippen LogP contribution in [0.2, 0.25) is 0 Å². The summed E-state index contributed by atoms with van der Waals surface area (Å²) < 4.78 is 46.9. The molecular weight excluding hydrogens is 343 g/mol. The molecule has 8 heteroatoms. The van der Waals surface area contributed by atoms with E-state index in [0.717, 1.165) is 0 Å². The average Bonchev–Trinajstić information content (AvgIpc) is 2.36. The van der Waals surface area contributed by atoms with E-state index in [4.69, 9.17) is 9.47 Å². The minimum Gasteiger partial charge on any atom is -0.493 e. The van der Waals surface area contributed by atoms with Crippen molar-refractivity contribution in [1.29, 1.82) is 0 Å². The number of ether oxygens (including phenoxy) is 2. The topological polar surface area (TPSA) is 47.6 Å². The maximum atomic E-state index is 12.0. The molecule has 4 nitrogen and oxygen atoms in total. The Morgan fingerprint density at radius 3 is 2.45 bits per heavy atom. The molecule has 0 saturated carbocycles. The number of halogens is 4. The van der Waals surface area contributed by atoms with Crippen LogP contribution in [0.4, 0.5) is 13.2 Å². The van der Waals surface area contributed by atoms with E-state index in [-0.39, 0.29) is 13.0 Å². The molecule has 1 N–H and O–H groups in total. The second kappa shape index (κ2) is 6.83. The summed E-state index contributed by atoms with van der Waals surface area (Å²) in [6, 6.07) is 3.34. The van der Waals surface area contributed by atoms with Crippen LogP contribution in [-0.4, -0.2) is 32.8 Å². The Morgan fingerprint density at radius 1 is 1.30 bits per heavy atom. The number of carbonyl (C=O) groups is 1. The fraction of sp³-hybridized carbons (Fsp3) is 0.417. The summed E-state index contributed by atoms with van der Waals surface area (Å²) in [7, 11) is 2.94. The van der Waals surface area contributed by atoms with Gasteiger partial charge in [0.25, 0.3) is 0 Å². The van der Waals surface area contributed by atoms with Crippen molar-refractivity contribution in [2.75, 3.05) is 20.8 Å².